The quantitative estimate of drug-likeness (QED) is 0.550. The van der Waals surface area contributed by atoms with Crippen molar-refractivity contribution in [3.05, 3.63) is 16.2 Å². The zero-order valence-electron chi connectivity index (χ0n) is 11.5. The van der Waals surface area contributed by atoms with E-state index >= 15 is 0 Å². The fraction of sp³-hybridized carbons (Fsp3) is 0.545. The third-order valence-electron chi connectivity index (χ3n) is 2.70. The fourth-order valence-corrected chi connectivity index (χ4v) is 3.60. The van der Waals surface area contributed by atoms with Crippen molar-refractivity contribution < 1.29 is 23.2 Å². The first-order chi connectivity index (χ1) is 9.66. The van der Waals surface area contributed by atoms with Gasteiger partial charge in [-0.05, 0) is 6.42 Å². The standard InChI is InChI=1S/C11H16N2O6S2/c1-3-4-5-7(11(14)15)12-10-8(13(16)17)6-9(20-10)21(2,18)19/h6-7,12H,3-5H2,1-2H3,(H,14,15)/t7-/m0/s1. The van der Waals surface area contributed by atoms with Gasteiger partial charge in [-0.2, -0.15) is 0 Å². The van der Waals surface area contributed by atoms with Gasteiger partial charge in [-0.15, -0.1) is 0 Å². The van der Waals surface area contributed by atoms with Crippen LogP contribution in [0.25, 0.3) is 0 Å². The van der Waals surface area contributed by atoms with Crippen molar-refractivity contribution in [2.24, 2.45) is 0 Å². The van der Waals surface area contributed by atoms with E-state index in [4.69, 9.17) is 5.11 Å². The van der Waals surface area contributed by atoms with Crippen molar-refractivity contribution >= 4 is 37.8 Å². The molecule has 0 unspecified atom stereocenters. The number of hydrogen-bond donors (Lipinski definition) is 2. The number of aliphatic carboxylic acids is 1. The molecule has 0 bridgehead atoms. The Morgan fingerprint density at radius 3 is 2.62 bits per heavy atom. The maximum atomic E-state index is 11.5. The van der Waals surface area contributed by atoms with E-state index in [2.05, 4.69) is 5.32 Å². The molecule has 8 nitrogen and oxygen atoms in total. The lowest BCUT2D eigenvalue weighted by Gasteiger charge is -2.13. The van der Waals surface area contributed by atoms with Crippen molar-refractivity contribution in [2.45, 2.75) is 36.4 Å². The molecule has 1 rings (SSSR count). The first kappa shape index (κ1) is 17.4. The molecule has 0 aliphatic rings. The van der Waals surface area contributed by atoms with E-state index in [9.17, 15) is 23.3 Å². The number of hydrogen-bond acceptors (Lipinski definition) is 7. The third kappa shape index (κ3) is 4.67. The predicted octanol–water partition coefficient (Wildman–Crippen LogP) is 2.12. The van der Waals surface area contributed by atoms with Gasteiger partial charge in [0.15, 0.2) is 14.8 Å². The van der Waals surface area contributed by atoms with Crippen molar-refractivity contribution in [3.8, 4) is 0 Å². The molecular formula is C11H16N2O6S2. The number of nitrogens with zero attached hydrogens (tertiary/aromatic N) is 1. The van der Waals surface area contributed by atoms with E-state index < -0.39 is 32.5 Å². The normalized spacial score (nSPS) is 12.9. The van der Waals surface area contributed by atoms with Gasteiger partial charge < -0.3 is 10.4 Å². The Balaban J connectivity index is 3.13. The molecule has 0 saturated heterocycles. The minimum Gasteiger partial charge on any atom is -0.480 e. The molecule has 0 saturated carbocycles. The number of unbranched alkanes of at least 4 members (excludes halogenated alkanes) is 1. The van der Waals surface area contributed by atoms with Gasteiger partial charge in [-0.1, -0.05) is 31.1 Å². The number of nitro groups is 1. The van der Waals surface area contributed by atoms with Gasteiger partial charge in [-0.3, -0.25) is 10.1 Å². The van der Waals surface area contributed by atoms with Crippen molar-refractivity contribution in [1.29, 1.82) is 0 Å². The summed E-state index contributed by atoms with van der Waals surface area (Å²) < 4.78 is 22.7. The molecule has 0 aliphatic carbocycles. The summed E-state index contributed by atoms with van der Waals surface area (Å²) in [4.78, 5) is 21.4. The van der Waals surface area contributed by atoms with Crippen molar-refractivity contribution in [3.63, 3.8) is 0 Å². The second kappa shape index (κ2) is 6.85. The molecule has 1 heterocycles. The van der Waals surface area contributed by atoms with Gasteiger partial charge in [-0.25, -0.2) is 13.2 Å². The number of sulfone groups is 1. The first-order valence-corrected chi connectivity index (χ1v) is 8.85. The number of anilines is 1. The monoisotopic (exact) mass is 336 g/mol. The van der Waals surface area contributed by atoms with Crippen LogP contribution >= 0.6 is 11.3 Å². The number of carboxylic acids is 1. The van der Waals surface area contributed by atoms with E-state index in [0.717, 1.165) is 18.7 Å². The van der Waals surface area contributed by atoms with Gasteiger partial charge in [0.25, 0.3) is 0 Å². The average molecular weight is 336 g/mol. The second-order valence-electron chi connectivity index (χ2n) is 4.49. The molecule has 0 fully saturated rings. The topological polar surface area (TPSA) is 127 Å². The Morgan fingerprint density at radius 1 is 1.57 bits per heavy atom. The largest absolute Gasteiger partial charge is 0.480 e. The summed E-state index contributed by atoms with van der Waals surface area (Å²) in [5, 5.41) is 22.6. The molecule has 118 valence electrons. The molecule has 10 heteroatoms. The van der Waals surface area contributed by atoms with E-state index in [-0.39, 0.29) is 9.21 Å². The highest BCUT2D eigenvalue weighted by molar-refractivity contribution is 7.92. The van der Waals surface area contributed by atoms with Crippen LogP contribution in [0.5, 0.6) is 0 Å². The van der Waals surface area contributed by atoms with E-state index in [1.807, 2.05) is 6.92 Å². The van der Waals surface area contributed by atoms with Crippen molar-refractivity contribution in [1.82, 2.24) is 0 Å². The molecular weight excluding hydrogens is 320 g/mol. The lowest BCUT2D eigenvalue weighted by Crippen LogP contribution is -2.28. The fourth-order valence-electron chi connectivity index (χ4n) is 1.61. The molecule has 2 N–H and O–H groups in total. The van der Waals surface area contributed by atoms with Gasteiger partial charge >= 0.3 is 11.7 Å². The summed E-state index contributed by atoms with van der Waals surface area (Å²) >= 11 is 0.670. The van der Waals surface area contributed by atoms with Gasteiger partial charge in [0.2, 0.25) is 0 Å². The number of rotatable bonds is 8. The zero-order valence-corrected chi connectivity index (χ0v) is 13.2. The van der Waals surface area contributed by atoms with Crippen LogP contribution in [0.4, 0.5) is 10.7 Å². The lowest BCUT2D eigenvalue weighted by atomic mass is 10.1. The smallest absolute Gasteiger partial charge is 0.326 e. The number of thiophene rings is 1. The number of carboxylic acid groups (broad SMARTS) is 1. The predicted molar refractivity (Wildman–Crippen MR) is 78.7 cm³/mol. The molecule has 0 aromatic carbocycles. The highest BCUT2D eigenvalue weighted by atomic mass is 32.2. The molecule has 1 aromatic heterocycles. The summed E-state index contributed by atoms with van der Waals surface area (Å²) in [6.07, 6.45) is 2.67. The van der Waals surface area contributed by atoms with Crippen LogP contribution in [-0.4, -0.2) is 36.7 Å². The van der Waals surface area contributed by atoms with E-state index in [1.54, 1.807) is 0 Å². The minimum atomic E-state index is -3.58. The molecule has 0 radical (unpaired) electrons. The highest BCUT2D eigenvalue weighted by Crippen LogP contribution is 2.37. The first-order valence-electron chi connectivity index (χ1n) is 6.14. The van der Waals surface area contributed by atoms with Crippen molar-refractivity contribution in [2.75, 3.05) is 11.6 Å². The Hall–Kier alpha value is -1.68. The number of nitrogens with one attached hydrogen (secondary N) is 1. The van der Waals surface area contributed by atoms with Crippen LogP contribution in [-0.2, 0) is 14.6 Å². The maximum Gasteiger partial charge on any atom is 0.326 e. The molecule has 1 atom stereocenters. The minimum absolute atomic E-state index is 0.0519. The summed E-state index contributed by atoms with van der Waals surface area (Å²) in [7, 11) is -3.58. The van der Waals surface area contributed by atoms with Crippen LogP contribution in [0.3, 0.4) is 0 Å². The highest BCUT2D eigenvalue weighted by Gasteiger charge is 2.27. The molecule has 0 spiro atoms. The van der Waals surface area contributed by atoms with E-state index in [1.165, 1.54) is 0 Å². The summed E-state index contributed by atoms with van der Waals surface area (Å²) in [6, 6.07) is -0.0455. The number of carbonyl (C=O) groups is 1. The Kier molecular flexibility index (Phi) is 5.67. The Labute approximate surface area is 125 Å². The van der Waals surface area contributed by atoms with Crippen LogP contribution < -0.4 is 5.32 Å². The van der Waals surface area contributed by atoms with Crippen LogP contribution in [0.1, 0.15) is 26.2 Å². The third-order valence-corrected chi connectivity index (χ3v) is 5.56. The SMILES string of the molecule is CCCC[C@H](Nc1sc(S(C)(=O)=O)cc1[N+](=O)[O-])C(=O)O. The molecule has 0 amide bonds. The summed E-state index contributed by atoms with van der Waals surface area (Å²) in [5.41, 5.74) is -0.428. The summed E-state index contributed by atoms with van der Waals surface area (Å²) in [6.45, 7) is 1.90. The zero-order chi connectivity index (χ0) is 16.2. The van der Waals surface area contributed by atoms with Gasteiger partial charge in [0.1, 0.15) is 10.3 Å². The Morgan fingerprint density at radius 2 is 2.19 bits per heavy atom. The average Bonchev–Trinajstić information content (AvgIpc) is 2.77. The lowest BCUT2D eigenvalue weighted by molar-refractivity contribution is -0.383. The summed E-state index contributed by atoms with van der Waals surface area (Å²) in [5.74, 6) is -1.13. The molecule has 21 heavy (non-hydrogen) atoms. The molecule has 0 aliphatic heterocycles. The van der Waals surface area contributed by atoms with Gasteiger partial charge in [0.05, 0.1) is 4.92 Å². The van der Waals surface area contributed by atoms with Crippen LogP contribution in [0, 0.1) is 10.1 Å². The second-order valence-corrected chi connectivity index (χ2v) is 7.78. The van der Waals surface area contributed by atoms with Crippen LogP contribution in [0.2, 0.25) is 0 Å². The molecule has 1 aromatic rings. The maximum absolute atomic E-state index is 11.5. The van der Waals surface area contributed by atoms with Crippen LogP contribution in [0.15, 0.2) is 10.3 Å². The Bertz CT molecular complexity index is 637. The van der Waals surface area contributed by atoms with Gasteiger partial charge in [0, 0.05) is 12.3 Å². The van der Waals surface area contributed by atoms with E-state index in [0.29, 0.717) is 24.2 Å².